The van der Waals surface area contributed by atoms with E-state index in [0.29, 0.717) is 16.9 Å². The Bertz CT molecular complexity index is 727. The van der Waals surface area contributed by atoms with Gasteiger partial charge in [-0.25, -0.2) is 0 Å². The fraction of sp³-hybridized carbons (Fsp3) is 0.286. The van der Waals surface area contributed by atoms with Crippen LogP contribution in [-0.4, -0.2) is 31.6 Å². The number of aromatic nitrogens is 3. The van der Waals surface area contributed by atoms with Crippen LogP contribution in [0.15, 0.2) is 40.1 Å². The molecular formula is C14H15N3O2S. The summed E-state index contributed by atoms with van der Waals surface area (Å²) < 4.78 is 5.64. The topological polar surface area (TPSA) is 74.9 Å². The van der Waals surface area contributed by atoms with Gasteiger partial charge in [0.25, 0.3) is 11.1 Å². The zero-order valence-electron chi connectivity index (χ0n) is 11.3. The summed E-state index contributed by atoms with van der Waals surface area (Å²) in [5.41, 5.74) is 1.16. The molecule has 0 bridgehead atoms. The third kappa shape index (κ3) is 2.71. The summed E-state index contributed by atoms with van der Waals surface area (Å²) in [6.45, 7) is 3.49. The first-order valence-corrected chi connectivity index (χ1v) is 7.27. The second-order valence-electron chi connectivity index (χ2n) is 5.22. The number of nitrogens with zero attached hydrogens (tertiary/aromatic N) is 2. The van der Waals surface area contributed by atoms with Crippen molar-refractivity contribution in [3.05, 3.63) is 30.5 Å². The number of hydrogen-bond donors (Lipinski definition) is 2. The van der Waals surface area contributed by atoms with Crippen molar-refractivity contribution in [3.8, 4) is 11.5 Å². The number of nitrogens with one attached hydrogen (secondary N) is 1. The predicted octanol–water partition coefficient (Wildman–Crippen LogP) is 3.08. The number of aliphatic hydroxyl groups is 1. The molecule has 2 aromatic heterocycles. The molecule has 0 aliphatic rings. The van der Waals surface area contributed by atoms with Crippen LogP contribution in [0.1, 0.15) is 13.8 Å². The van der Waals surface area contributed by atoms with Gasteiger partial charge in [0.2, 0.25) is 0 Å². The summed E-state index contributed by atoms with van der Waals surface area (Å²) in [4.78, 5) is 3.18. The number of para-hydroxylation sites is 1. The maximum Gasteiger partial charge on any atom is 0.276 e. The van der Waals surface area contributed by atoms with Gasteiger partial charge < -0.3 is 14.5 Å². The van der Waals surface area contributed by atoms with E-state index in [2.05, 4.69) is 15.2 Å². The second kappa shape index (κ2) is 4.96. The number of aromatic amines is 1. The SMILES string of the molecule is CC(C)(O)CSc1nnc(-c2c[nH]c3ccccc23)o1. The first-order valence-electron chi connectivity index (χ1n) is 6.28. The Morgan fingerprint density at radius 1 is 1.30 bits per heavy atom. The molecule has 0 radical (unpaired) electrons. The molecule has 0 atom stereocenters. The average Bonchev–Trinajstić information content (AvgIpc) is 3.01. The van der Waals surface area contributed by atoms with Gasteiger partial charge in [0, 0.05) is 22.9 Å². The van der Waals surface area contributed by atoms with Gasteiger partial charge in [0.15, 0.2) is 0 Å². The summed E-state index contributed by atoms with van der Waals surface area (Å²) in [7, 11) is 0. The molecule has 0 unspecified atom stereocenters. The highest BCUT2D eigenvalue weighted by atomic mass is 32.2. The fourth-order valence-electron chi connectivity index (χ4n) is 1.86. The highest BCUT2D eigenvalue weighted by Gasteiger charge is 2.17. The fourth-order valence-corrected chi connectivity index (χ4v) is 2.58. The van der Waals surface area contributed by atoms with Crippen LogP contribution in [0.3, 0.4) is 0 Å². The van der Waals surface area contributed by atoms with Crippen LogP contribution in [0, 0.1) is 0 Å². The van der Waals surface area contributed by atoms with Gasteiger partial charge in [-0.1, -0.05) is 30.0 Å². The van der Waals surface area contributed by atoms with Gasteiger partial charge in [-0.05, 0) is 19.9 Å². The molecule has 2 N–H and O–H groups in total. The quantitative estimate of drug-likeness (QED) is 0.722. The third-order valence-corrected chi connectivity index (χ3v) is 4.04. The minimum absolute atomic E-state index is 0.465. The number of rotatable bonds is 4. The lowest BCUT2D eigenvalue weighted by Gasteiger charge is -2.13. The van der Waals surface area contributed by atoms with E-state index in [9.17, 15) is 5.11 Å². The van der Waals surface area contributed by atoms with Gasteiger partial charge >= 0.3 is 0 Å². The molecule has 20 heavy (non-hydrogen) atoms. The van der Waals surface area contributed by atoms with E-state index in [1.165, 1.54) is 11.8 Å². The van der Waals surface area contributed by atoms with Gasteiger partial charge in [-0.15, -0.1) is 10.2 Å². The van der Waals surface area contributed by atoms with Crippen LogP contribution in [0.25, 0.3) is 22.4 Å². The molecule has 6 heteroatoms. The van der Waals surface area contributed by atoms with Crippen molar-refractivity contribution in [1.29, 1.82) is 0 Å². The smallest absolute Gasteiger partial charge is 0.276 e. The van der Waals surface area contributed by atoms with Crippen LogP contribution in [0.2, 0.25) is 0 Å². The molecule has 0 amide bonds. The molecule has 3 aromatic rings. The number of hydrogen-bond acceptors (Lipinski definition) is 5. The van der Waals surface area contributed by atoms with E-state index in [1.54, 1.807) is 13.8 Å². The van der Waals surface area contributed by atoms with E-state index in [-0.39, 0.29) is 0 Å². The molecule has 0 saturated heterocycles. The number of H-pyrrole nitrogens is 1. The highest BCUT2D eigenvalue weighted by molar-refractivity contribution is 7.99. The van der Waals surface area contributed by atoms with Gasteiger partial charge in [0.1, 0.15) is 0 Å². The van der Waals surface area contributed by atoms with E-state index in [0.717, 1.165) is 16.5 Å². The van der Waals surface area contributed by atoms with Crippen molar-refractivity contribution < 1.29 is 9.52 Å². The molecule has 0 aliphatic heterocycles. The predicted molar refractivity (Wildman–Crippen MR) is 78.6 cm³/mol. The Morgan fingerprint density at radius 3 is 2.90 bits per heavy atom. The number of fused-ring (bicyclic) bond motifs is 1. The highest BCUT2D eigenvalue weighted by Crippen LogP contribution is 2.30. The summed E-state index contributed by atoms with van der Waals surface area (Å²) in [5, 5.41) is 19.3. The molecule has 1 aromatic carbocycles. The minimum Gasteiger partial charge on any atom is -0.411 e. The Kier molecular flexibility index (Phi) is 3.27. The van der Waals surface area contributed by atoms with Crippen LogP contribution in [-0.2, 0) is 0 Å². The Hall–Kier alpha value is -1.79. The third-order valence-electron chi connectivity index (χ3n) is 2.77. The van der Waals surface area contributed by atoms with Gasteiger partial charge in [-0.3, -0.25) is 0 Å². The first-order chi connectivity index (χ1) is 9.53. The molecule has 104 valence electrons. The van der Waals surface area contributed by atoms with Crippen molar-refractivity contribution >= 4 is 22.7 Å². The largest absolute Gasteiger partial charge is 0.411 e. The second-order valence-corrected chi connectivity index (χ2v) is 6.15. The average molecular weight is 289 g/mol. The van der Waals surface area contributed by atoms with Crippen LogP contribution < -0.4 is 0 Å². The summed E-state index contributed by atoms with van der Waals surface area (Å²) in [6.07, 6.45) is 1.86. The summed E-state index contributed by atoms with van der Waals surface area (Å²) >= 11 is 1.35. The van der Waals surface area contributed by atoms with Gasteiger partial charge in [-0.2, -0.15) is 0 Å². The number of thioether (sulfide) groups is 1. The van der Waals surface area contributed by atoms with E-state index in [1.807, 2.05) is 30.5 Å². The Morgan fingerprint density at radius 2 is 2.10 bits per heavy atom. The lowest BCUT2D eigenvalue weighted by molar-refractivity contribution is 0.106. The first kappa shape index (κ1) is 13.2. The maximum atomic E-state index is 9.70. The standard InChI is InChI=1S/C14H15N3O2S/c1-14(2,18)8-20-13-17-16-12(19-13)10-7-15-11-6-4-3-5-9(10)11/h3-7,15,18H,8H2,1-2H3. The lowest BCUT2D eigenvalue weighted by atomic mass is 10.2. The molecule has 0 aliphatic carbocycles. The number of benzene rings is 1. The molecule has 3 rings (SSSR count). The van der Waals surface area contributed by atoms with Crippen molar-refractivity contribution in [1.82, 2.24) is 15.2 Å². The zero-order valence-corrected chi connectivity index (χ0v) is 12.1. The molecule has 0 spiro atoms. The van der Waals surface area contributed by atoms with Crippen LogP contribution >= 0.6 is 11.8 Å². The van der Waals surface area contributed by atoms with Crippen molar-refractivity contribution in [3.63, 3.8) is 0 Å². The van der Waals surface area contributed by atoms with E-state index < -0.39 is 5.60 Å². The summed E-state index contributed by atoms with van der Waals surface area (Å²) in [6, 6.07) is 7.95. The Balaban J connectivity index is 1.86. The van der Waals surface area contributed by atoms with Crippen LogP contribution in [0.4, 0.5) is 0 Å². The molecule has 2 heterocycles. The minimum atomic E-state index is -0.764. The molecule has 0 saturated carbocycles. The monoisotopic (exact) mass is 289 g/mol. The van der Waals surface area contributed by atoms with Crippen molar-refractivity contribution in [2.75, 3.05) is 5.75 Å². The van der Waals surface area contributed by atoms with Crippen LogP contribution in [0.5, 0.6) is 0 Å². The lowest BCUT2D eigenvalue weighted by Crippen LogP contribution is -2.21. The normalized spacial score (nSPS) is 12.2. The van der Waals surface area contributed by atoms with Gasteiger partial charge in [0.05, 0.1) is 11.2 Å². The van der Waals surface area contributed by atoms with E-state index >= 15 is 0 Å². The van der Waals surface area contributed by atoms with Crippen molar-refractivity contribution in [2.24, 2.45) is 0 Å². The maximum absolute atomic E-state index is 9.70. The molecule has 0 fully saturated rings. The van der Waals surface area contributed by atoms with Crippen molar-refractivity contribution in [2.45, 2.75) is 24.7 Å². The van der Waals surface area contributed by atoms with E-state index in [4.69, 9.17) is 4.42 Å². The Labute approximate surface area is 120 Å². The zero-order chi connectivity index (χ0) is 14.2. The molecular weight excluding hydrogens is 274 g/mol. The summed E-state index contributed by atoms with van der Waals surface area (Å²) in [5.74, 6) is 0.989. The molecule has 5 nitrogen and oxygen atoms in total.